The molecule has 2 amide bonds. The van der Waals surface area contributed by atoms with Gasteiger partial charge >= 0.3 is 12.2 Å². The molecule has 0 saturated carbocycles. The van der Waals surface area contributed by atoms with Gasteiger partial charge in [-0.25, -0.2) is 19.6 Å². The van der Waals surface area contributed by atoms with Gasteiger partial charge in [-0.05, 0) is 54.4 Å². The van der Waals surface area contributed by atoms with Gasteiger partial charge in [-0.2, -0.15) is 0 Å². The van der Waals surface area contributed by atoms with E-state index in [1.54, 1.807) is 27.9 Å². The first-order valence-electron chi connectivity index (χ1n) is 12.1. The molecule has 0 bridgehead atoms. The number of amides is 2. The summed E-state index contributed by atoms with van der Waals surface area (Å²) in [6, 6.07) is 0. The lowest BCUT2D eigenvalue weighted by atomic mass is 10.1. The van der Waals surface area contributed by atoms with Crippen LogP contribution in [0, 0.1) is 6.92 Å². The predicted octanol–water partition coefficient (Wildman–Crippen LogP) is 4.66. The largest absolute Gasteiger partial charge is 0.474 e. The molecule has 0 radical (unpaired) electrons. The monoisotopic (exact) mass is 494 g/mol. The van der Waals surface area contributed by atoms with E-state index in [1.807, 2.05) is 41.5 Å². The van der Waals surface area contributed by atoms with Crippen molar-refractivity contribution in [3.63, 3.8) is 0 Å². The van der Waals surface area contributed by atoms with Gasteiger partial charge in [0, 0.05) is 49.8 Å². The molecule has 1 aromatic rings. The smallest absolute Gasteiger partial charge is 0.410 e. The number of ether oxygens (including phenoxy) is 3. The van der Waals surface area contributed by atoms with Crippen LogP contribution in [0.2, 0.25) is 0 Å². The fraction of sp³-hybridized carbons (Fsp3) is 0.750. The molecule has 9 nitrogen and oxygen atoms in total. The summed E-state index contributed by atoms with van der Waals surface area (Å²) in [5.74, 6) is 0.604. The number of likely N-dealkylation sites (tertiary alicyclic amines) is 2. The number of nitrogens with zero attached hydrogens (tertiary/aromatic N) is 4. The quantitative estimate of drug-likeness (QED) is 0.546. The number of hydrogen-bond donors (Lipinski definition) is 0. The Kier molecular flexibility index (Phi) is 8.89. The zero-order valence-electron chi connectivity index (χ0n) is 21.2. The van der Waals surface area contributed by atoms with Crippen molar-refractivity contribution in [2.45, 2.75) is 95.3 Å². The number of piperidine rings is 2. The maximum atomic E-state index is 12.3. The summed E-state index contributed by atoms with van der Waals surface area (Å²) >= 11 is 1.72. The molecule has 0 atom stereocenters. The van der Waals surface area contributed by atoms with Crippen molar-refractivity contribution in [2.75, 3.05) is 26.2 Å². The van der Waals surface area contributed by atoms with Crippen LogP contribution in [0.1, 0.15) is 65.9 Å². The lowest BCUT2D eigenvalue weighted by Crippen LogP contribution is -2.42. The van der Waals surface area contributed by atoms with E-state index in [2.05, 4.69) is 9.97 Å². The summed E-state index contributed by atoms with van der Waals surface area (Å²) in [5.41, 5.74) is 0.453. The lowest BCUT2D eigenvalue weighted by Gasteiger charge is -2.33. The number of rotatable bonds is 5. The first kappa shape index (κ1) is 26.4. The highest BCUT2D eigenvalue weighted by molar-refractivity contribution is 7.99. The molecule has 3 heterocycles. The van der Waals surface area contributed by atoms with Crippen molar-refractivity contribution in [1.29, 1.82) is 0 Å². The van der Waals surface area contributed by atoms with Crippen LogP contribution < -0.4 is 4.74 Å². The summed E-state index contributed by atoms with van der Waals surface area (Å²) in [4.78, 5) is 36.8. The average Bonchev–Trinajstić information content (AvgIpc) is 2.76. The molecular formula is C24H38N4O5S. The first-order chi connectivity index (χ1) is 16.0. The summed E-state index contributed by atoms with van der Waals surface area (Å²) in [6.45, 7) is 13.9. The van der Waals surface area contributed by atoms with Gasteiger partial charge in [0.15, 0.2) is 0 Å². The van der Waals surface area contributed by atoms with Crippen molar-refractivity contribution in [2.24, 2.45) is 0 Å². The van der Waals surface area contributed by atoms with E-state index in [-0.39, 0.29) is 24.4 Å². The van der Waals surface area contributed by atoms with E-state index in [0.717, 1.165) is 36.3 Å². The molecule has 190 valence electrons. The minimum absolute atomic E-state index is 0.00613. The van der Waals surface area contributed by atoms with Gasteiger partial charge in [0.05, 0.1) is 6.10 Å². The van der Waals surface area contributed by atoms with Crippen LogP contribution in [0.4, 0.5) is 9.59 Å². The Morgan fingerprint density at radius 2 is 1.59 bits per heavy atom. The van der Waals surface area contributed by atoms with Crippen LogP contribution in [-0.2, 0) is 9.47 Å². The fourth-order valence-electron chi connectivity index (χ4n) is 3.89. The van der Waals surface area contributed by atoms with E-state index >= 15 is 0 Å². The van der Waals surface area contributed by atoms with Gasteiger partial charge in [0.25, 0.3) is 0 Å². The number of carbonyl (C=O) groups is 2. The molecule has 0 unspecified atom stereocenters. The van der Waals surface area contributed by atoms with Crippen LogP contribution in [0.3, 0.4) is 0 Å². The van der Waals surface area contributed by atoms with Crippen molar-refractivity contribution in [1.82, 2.24) is 19.8 Å². The Morgan fingerprint density at radius 3 is 2.18 bits per heavy atom. The molecule has 2 fully saturated rings. The molecule has 34 heavy (non-hydrogen) atoms. The number of hydrogen-bond acceptors (Lipinski definition) is 8. The number of thioether (sulfide) groups is 1. The van der Waals surface area contributed by atoms with Crippen LogP contribution in [-0.4, -0.2) is 81.2 Å². The molecule has 1 aromatic heterocycles. The Labute approximate surface area is 206 Å². The Bertz CT molecular complexity index is 844. The van der Waals surface area contributed by atoms with Gasteiger partial charge in [-0.3, -0.25) is 0 Å². The Morgan fingerprint density at radius 1 is 1.00 bits per heavy atom. The Hall–Kier alpha value is -2.23. The molecule has 0 aromatic carbocycles. The second-order valence-electron chi connectivity index (χ2n) is 10.1. The standard InChI is InChI=1S/C24H38N4O5S/c1-16(2)31-22(29)27-11-7-18(8-12-27)32-20-17(3)21(26-15-25-20)34-19-9-13-28(14-10-19)23(30)33-24(4,5)6/h15-16,18-19H,7-14H2,1-6H3. The molecule has 10 heteroatoms. The van der Waals surface area contributed by atoms with Crippen LogP contribution in [0.15, 0.2) is 11.4 Å². The summed E-state index contributed by atoms with van der Waals surface area (Å²) in [7, 11) is 0. The second-order valence-corrected chi connectivity index (χ2v) is 11.4. The van der Waals surface area contributed by atoms with E-state index in [9.17, 15) is 9.59 Å². The molecule has 0 aliphatic carbocycles. The molecule has 2 saturated heterocycles. The summed E-state index contributed by atoms with van der Waals surface area (Å²) < 4.78 is 17.0. The van der Waals surface area contributed by atoms with Crippen LogP contribution in [0.25, 0.3) is 0 Å². The lowest BCUT2D eigenvalue weighted by molar-refractivity contribution is 0.0219. The molecule has 2 aliphatic heterocycles. The first-order valence-corrected chi connectivity index (χ1v) is 13.0. The third kappa shape index (κ3) is 7.65. The predicted molar refractivity (Wildman–Crippen MR) is 130 cm³/mol. The summed E-state index contributed by atoms with van der Waals surface area (Å²) in [6.07, 6.45) is 4.18. The minimum atomic E-state index is -0.481. The van der Waals surface area contributed by atoms with E-state index in [0.29, 0.717) is 37.3 Å². The van der Waals surface area contributed by atoms with Gasteiger partial charge in [0.2, 0.25) is 5.88 Å². The molecule has 2 aliphatic rings. The number of aromatic nitrogens is 2. The highest BCUT2D eigenvalue weighted by Crippen LogP contribution is 2.34. The zero-order chi connectivity index (χ0) is 24.9. The fourth-order valence-corrected chi connectivity index (χ4v) is 5.02. The molecule has 3 rings (SSSR count). The third-order valence-corrected chi connectivity index (χ3v) is 7.12. The van der Waals surface area contributed by atoms with E-state index < -0.39 is 5.60 Å². The highest BCUT2D eigenvalue weighted by Gasteiger charge is 2.29. The summed E-state index contributed by atoms with van der Waals surface area (Å²) in [5, 5.41) is 1.29. The maximum absolute atomic E-state index is 12.3. The van der Waals surface area contributed by atoms with Gasteiger partial charge in [-0.15, -0.1) is 11.8 Å². The van der Waals surface area contributed by atoms with Crippen molar-refractivity contribution >= 4 is 23.9 Å². The Balaban J connectivity index is 1.49. The topological polar surface area (TPSA) is 94.1 Å². The molecule has 0 N–H and O–H groups in total. The zero-order valence-corrected chi connectivity index (χ0v) is 22.0. The maximum Gasteiger partial charge on any atom is 0.410 e. The number of carbonyl (C=O) groups excluding carboxylic acids is 2. The van der Waals surface area contributed by atoms with Crippen LogP contribution in [0.5, 0.6) is 5.88 Å². The minimum Gasteiger partial charge on any atom is -0.474 e. The SMILES string of the molecule is Cc1c(OC2CCN(C(=O)OC(C)C)CC2)ncnc1SC1CCN(C(=O)OC(C)(C)C)CC1. The van der Waals surface area contributed by atoms with Gasteiger partial charge in [-0.1, -0.05) is 0 Å². The van der Waals surface area contributed by atoms with E-state index in [4.69, 9.17) is 14.2 Å². The molecular weight excluding hydrogens is 456 g/mol. The molecule has 0 spiro atoms. The van der Waals surface area contributed by atoms with Gasteiger partial charge < -0.3 is 24.0 Å². The third-order valence-electron chi connectivity index (χ3n) is 5.68. The van der Waals surface area contributed by atoms with E-state index in [1.165, 1.54) is 0 Å². The van der Waals surface area contributed by atoms with Crippen molar-refractivity contribution in [3.8, 4) is 5.88 Å². The van der Waals surface area contributed by atoms with Gasteiger partial charge in [0.1, 0.15) is 23.1 Å². The van der Waals surface area contributed by atoms with Crippen molar-refractivity contribution < 1.29 is 23.8 Å². The van der Waals surface area contributed by atoms with Crippen LogP contribution >= 0.6 is 11.8 Å². The normalized spacial score (nSPS) is 18.2. The highest BCUT2D eigenvalue weighted by atomic mass is 32.2. The van der Waals surface area contributed by atoms with Crippen molar-refractivity contribution in [3.05, 3.63) is 11.9 Å². The average molecular weight is 495 g/mol. The second kappa shape index (κ2) is 11.5.